The van der Waals surface area contributed by atoms with E-state index in [1.807, 2.05) is 26.0 Å². The van der Waals surface area contributed by atoms with Crippen molar-refractivity contribution in [3.63, 3.8) is 0 Å². The molecule has 1 aliphatic rings. The van der Waals surface area contributed by atoms with E-state index in [9.17, 15) is 0 Å². The second-order valence-corrected chi connectivity index (χ2v) is 6.50. The van der Waals surface area contributed by atoms with Gasteiger partial charge in [0.25, 0.3) is 0 Å². The first-order chi connectivity index (χ1) is 12.2. The van der Waals surface area contributed by atoms with Gasteiger partial charge < -0.3 is 0 Å². The van der Waals surface area contributed by atoms with Crippen molar-refractivity contribution in [2.24, 2.45) is 11.8 Å². The second-order valence-electron chi connectivity index (χ2n) is 6.50. The van der Waals surface area contributed by atoms with Gasteiger partial charge in [-0.05, 0) is 53.2 Å². The molecule has 0 heterocycles. The van der Waals surface area contributed by atoms with Crippen LogP contribution in [0.5, 0.6) is 0 Å². The standard InChI is InChI=1S/C23H30.C2H6/c1-5-8-12-19-15-16-21-14-9-13-20(10-6-2)22(11-7-3)17-23(21)18(19)4;1-2/h5,8-9,12-17,20,22H,1,6-7,10-11H2,2-4H3;1-2H3/b12-8-,13-9-,21-14-,23-17+;. The van der Waals surface area contributed by atoms with Crippen molar-refractivity contribution in [1.29, 1.82) is 0 Å². The summed E-state index contributed by atoms with van der Waals surface area (Å²) in [6.45, 7) is 14.6. The molecule has 2 atom stereocenters. The highest BCUT2D eigenvalue weighted by atomic mass is 14.2. The Labute approximate surface area is 155 Å². The minimum absolute atomic E-state index is 0.640. The van der Waals surface area contributed by atoms with Gasteiger partial charge in [-0.25, -0.2) is 0 Å². The van der Waals surface area contributed by atoms with Crippen LogP contribution < -0.4 is 10.4 Å². The Morgan fingerprint density at radius 2 is 1.72 bits per heavy atom. The fourth-order valence-electron chi connectivity index (χ4n) is 3.54. The SMILES string of the molecule is C=C/C=C\c1ccc2/c(c1C)=C/C(CCC)C(CCC)/C=C\C=2.CC. The van der Waals surface area contributed by atoms with Gasteiger partial charge in [-0.2, -0.15) is 0 Å². The van der Waals surface area contributed by atoms with Gasteiger partial charge in [0.15, 0.2) is 0 Å². The van der Waals surface area contributed by atoms with E-state index in [2.05, 4.69) is 69.9 Å². The summed E-state index contributed by atoms with van der Waals surface area (Å²) in [5.74, 6) is 1.30. The highest BCUT2D eigenvalue weighted by Crippen LogP contribution is 2.26. The van der Waals surface area contributed by atoms with Gasteiger partial charge in [-0.1, -0.05) is 102 Å². The molecule has 1 aliphatic carbocycles. The van der Waals surface area contributed by atoms with Crippen LogP contribution in [0, 0.1) is 18.8 Å². The highest BCUT2D eigenvalue weighted by Gasteiger charge is 2.16. The Hall–Kier alpha value is -1.82. The minimum Gasteiger partial charge on any atom is -0.0991 e. The molecule has 0 saturated heterocycles. The molecule has 0 N–H and O–H groups in total. The van der Waals surface area contributed by atoms with Crippen molar-refractivity contribution >= 4 is 18.2 Å². The first kappa shape index (κ1) is 21.2. The fraction of sp³-hybridized carbons (Fsp3) is 0.440. The van der Waals surface area contributed by atoms with Gasteiger partial charge in [0.05, 0.1) is 0 Å². The quantitative estimate of drug-likeness (QED) is 0.544. The Bertz CT molecular complexity index is 700. The smallest absolute Gasteiger partial charge is 0.0161 e. The fourth-order valence-corrected chi connectivity index (χ4v) is 3.54. The average molecular weight is 337 g/mol. The lowest BCUT2D eigenvalue weighted by molar-refractivity contribution is 0.431. The maximum atomic E-state index is 3.78. The van der Waals surface area contributed by atoms with Crippen molar-refractivity contribution in [3.8, 4) is 0 Å². The van der Waals surface area contributed by atoms with Gasteiger partial charge in [0.1, 0.15) is 0 Å². The van der Waals surface area contributed by atoms with Crippen LogP contribution in [-0.2, 0) is 0 Å². The zero-order valence-corrected chi connectivity index (χ0v) is 16.9. The lowest BCUT2D eigenvalue weighted by Gasteiger charge is -2.22. The van der Waals surface area contributed by atoms with Crippen molar-refractivity contribution in [2.45, 2.75) is 60.3 Å². The summed E-state index contributed by atoms with van der Waals surface area (Å²) in [4.78, 5) is 0. The number of hydrogen-bond donors (Lipinski definition) is 0. The van der Waals surface area contributed by atoms with Gasteiger partial charge in [-0.3, -0.25) is 0 Å². The number of fused-ring (bicyclic) bond motifs is 1. The summed E-state index contributed by atoms with van der Waals surface area (Å²) in [6, 6.07) is 4.46. The van der Waals surface area contributed by atoms with E-state index in [4.69, 9.17) is 0 Å². The Morgan fingerprint density at radius 3 is 2.36 bits per heavy atom. The zero-order valence-electron chi connectivity index (χ0n) is 16.9. The molecule has 1 aromatic rings. The Balaban J connectivity index is 0.00000151. The summed E-state index contributed by atoms with van der Waals surface area (Å²) in [7, 11) is 0. The predicted molar refractivity (Wildman–Crippen MR) is 116 cm³/mol. The number of rotatable bonds is 6. The van der Waals surface area contributed by atoms with Gasteiger partial charge >= 0.3 is 0 Å². The summed E-state index contributed by atoms with van der Waals surface area (Å²) in [6.07, 6.45) is 20.5. The van der Waals surface area contributed by atoms with Crippen LogP contribution in [0.2, 0.25) is 0 Å². The molecule has 0 nitrogen and oxygen atoms in total. The van der Waals surface area contributed by atoms with E-state index >= 15 is 0 Å². The number of hydrogen-bond acceptors (Lipinski definition) is 0. The lowest BCUT2D eigenvalue weighted by atomic mass is 9.82. The third kappa shape index (κ3) is 5.88. The molecule has 0 radical (unpaired) electrons. The molecule has 0 fully saturated rings. The zero-order chi connectivity index (χ0) is 18.7. The third-order valence-electron chi connectivity index (χ3n) is 4.81. The van der Waals surface area contributed by atoms with E-state index in [0.29, 0.717) is 11.8 Å². The molecule has 2 rings (SSSR count). The largest absolute Gasteiger partial charge is 0.0991 e. The molecule has 0 spiro atoms. The van der Waals surface area contributed by atoms with Gasteiger partial charge in [0, 0.05) is 0 Å². The first-order valence-corrected chi connectivity index (χ1v) is 10.00. The number of benzene rings is 1. The van der Waals surface area contributed by atoms with Crippen molar-refractivity contribution in [1.82, 2.24) is 0 Å². The summed E-state index contributed by atoms with van der Waals surface area (Å²) in [5.41, 5.74) is 2.67. The molecule has 0 heteroatoms. The van der Waals surface area contributed by atoms with Crippen molar-refractivity contribution < 1.29 is 0 Å². The molecular formula is C25H36. The molecule has 0 saturated carbocycles. The Morgan fingerprint density at radius 1 is 1.04 bits per heavy atom. The monoisotopic (exact) mass is 336 g/mol. The first-order valence-electron chi connectivity index (χ1n) is 10.00. The van der Waals surface area contributed by atoms with E-state index in [0.717, 1.165) is 0 Å². The van der Waals surface area contributed by atoms with Crippen LogP contribution >= 0.6 is 0 Å². The second kappa shape index (κ2) is 11.7. The Kier molecular flexibility index (Phi) is 9.92. The molecule has 0 aliphatic heterocycles. The highest BCUT2D eigenvalue weighted by molar-refractivity contribution is 5.58. The van der Waals surface area contributed by atoms with Crippen molar-refractivity contribution in [2.75, 3.05) is 0 Å². The molecule has 2 unspecified atom stereocenters. The van der Waals surface area contributed by atoms with E-state index in [-0.39, 0.29) is 0 Å². The number of allylic oxidation sites excluding steroid dienone is 4. The van der Waals surface area contributed by atoms with Gasteiger partial charge in [-0.15, -0.1) is 0 Å². The predicted octanol–water partition coefficient (Wildman–Crippen LogP) is 6.18. The lowest BCUT2D eigenvalue weighted by Crippen LogP contribution is -2.31. The topological polar surface area (TPSA) is 0 Å². The van der Waals surface area contributed by atoms with Crippen LogP contribution in [-0.4, -0.2) is 0 Å². The minimum atomic E-state index is 0.640. The van der Waals surface area contributed by atoms with Crippen LogP contribution in [0.25, 0.3) is 18.2 Å². The summed E-state index contributed by atoms with van der Waals surface area (Å²) >= 11 is 0. The summed E-state index contributed by atoms with van der Waals surface area (Å²) in [5, 5.41) is 2.76. The van der Waals surface area contributed by atoms with E-state index in [1.54, 1.807) is 0 Å². The third-order valence-corrected chi connectivity index (χ3v) is 4.81. The molecule has 0 aromatic heterocycles. The normalized spacial score (nSPS) is 22.9. The summed E-state index contributed by atoms with van der Waals surface area (Å²) < 4.78 is 0. The van der Waals surface area contributed by atoms with Crippen LogP contribution in [0.15, 0.2) is 43.0 Å². The molecule has 0 bridgehead atoms. The molecule has 25 heavy (non-hydrogen) atoms. The molecular weight excluding hydrogens is 300 g/mol. The van der Waals surface area contributed by atoms with Crippen LogP contribution in [0.4, 0.5) is 0 Å². The molecule has 0 amide bonds. The molecule has 1 aromatic carbocycles. The van der Waals surface area contributed by atoms with Crippen LogP contribution in [0.1, 0.15) is 64.5 Å². The van der Waals surface area contributed by atoms with Crippen LogP contribution in [0.3, 0.4) is 0 Å². The van der Waals surface area contributed by atoms with Gasteiger partial charge in [0.2, 0.25) is 0 Å². The van der Waals surface area contributed by atoms with E-state index < -0.39 is 0 Å². The average Bonchev–Trinajstić information content (AvgIpc) is 2.62. The maximum Gasteiger partial charge on any atom is -0.0161 e. The maximum absolute atomic E-state index is 3.78. The molecule has 136 valence electrons. The van der Waals surface area contributed by atoms with E-state index in [1.165, 1.54) is 47.2 Å². The van der Waals surface area contributed by atoms with Crippen molar-refractivity contribution in [3.05, 3.63) is 64.6 Å².